The standard InChI is InChI=1S/C60H32N4/c1-9-29-10-2-18-34-49(29)33(17-1)53-41-25-43-55-35-19-3-11-30-12-5-21-37(50(30)35)57(55)45(62-43)27-47-59-39-23-7-15-32-16-8-24-40(52(32)39)60(59)48(64-47)28-46-58-38-22-6-14-31-13-4-20-36(51(31)38)56(58)44(63-46)26-42(61-41)54(34)53/h1-28,61-64H. The molecular weight excluding hydrogens is 777 g/mol. The first-order valence-corrected chi connectivity index (χ1v) is 22.3. The lowest BCUT2D eigenvalue weighted by atomic mass is 10.0. The fraction of sp³-hybridized carbons (Fsp3) is 0. The van der Waals surface area contributed by atoms with Crippen LogP contribution in [0.1, 0.15) is 22.8 Å². The molecule has 17 rings (SSSR count). The van der Waals surface area contributed by atoms with E-state index in [2.05, 4.69) is 190 Å². The van der Waals surface area contributed by atoms with Gasteiger partial charge in [-0.1, -0.05) is 146 Å². The maximum Gasteiger partial charge on any atom is 0.0492 e. The molecule has 0 saturated carbocycles. The van der Waals surface area contributed by atoms with Crippen molar-refractivity contribution in [3.05, 3.63) is 190 Å². The second-order valence-electron chi connectivity index (χ2n) is 18.2. The maximum absolute atomic E-state index is 4.07. The highest BCUT2D eigenvalue weighted by Crippen LogP contribution is 2.54. The van der Waals surface area contributed by atoms with E-state index in [9.17, 15) is 0 Å². The molecule has 5 aliphatic rings. The van der Waals surface area contributed by atoms with Crippen LogP contribution in [0.15, 0.2) is 146 Å². The Labute approximate surface area is 364 Å². The average molecular weight is 809 g/mol. The van der Waals surface area contributed by atoms with Gasteiger partial charge in [0.25, 0.3) is 0 Å². The summed E-state index contributed by atoms with van der Waals surface area (Å²) in [4.78, 5) is 16.3. The van der Waals surface area contributed by atoms with Crippen LogP contribution in [-0.2, 0) is 0 Å². The summed E-state index contributed by atoms with van der Waals surface area (Å²) in [5, 5.41) is 14.7. The van der Waals surface area contributed by atoms with E-state index in [1.165, 1.54) is 132 Å². The number of fused-ring (bicyclic) bond motifs is 28. The number of aromatic amines is 4. The Balaban J connectivity index is 1.08. The molecule has 4 aromatic heterocycles. The van der Waals surface area contributed by atoms with Gasteiger partial charge in [-0.15, -0.1) is 0 Å². The van der Waals surface area contributed by atoms with Crippen LogP contribution in [0.2, 0.25) is 0 Å². The number of benzene rings is 8. The minimum atomic E-state index is 1.10. The number of hydrogen-bond donors (Lipinski definition) is 4. The van der Waals surface area contributed by atoms with Crippen LogP contribution in [0.5, 0.6) is 0 Å². The summed E-state index contributed by atoms with van der Waals surface area (Å²) in [5.41, 5.74) is 24.6. The second-order valence-corrected chi connectivity index (χ2v) is 18.2. The molecule has 64 heavy (non-hydrogen) atoms. The molecule has 8 aromatic carbocycles. The number of H-pyrrole nitrogens is 4. The van der Waals surface area contributed by atoms with Crippen LogP contribution in [0.3, 0.4) is 0 Å². The Hall–Kier alpha value is -8.60. The van der Waals surface area contributed by atoms with Gasteiger partial charge in [-0.25, -0.2) is 0 Å². The summed E-state index contributed by atoms with van der Waals surface area (Å²) in [6, 6.07) is 54.2. The molecule has 0 saturated heterocycles. The highest BCUT2D eigenvalue weighted by Gasteiger charge is 2.33. The molecular formula is C60H32N4. The number of aromatic nitrogens is 4. The number of rotatable bonds is 0. The second kappa shape index (κ2) is 10.9. The van der Waals surface area contributed by atoms with Crippen molar-refractivity contribution >= 4 is 67.4 Å². The van der Waals surface area contributed by atoms with Crippen LogP contribution < -0.4 is 21.4 Å². The fourth-order valence-electron chi connectivity index (χ4n) is 12.9. The lowest BCUT2D eigenvalue weighted by Gasteiger charge is -2.05. The maximum atomic E-state index is 4.07. The molecule has 4 aliphatic carbocycles. The minimum Gasteiger partial charge on any atom is -0.354 e. The van der Waals surface area contributed by atoms with Gasteiger partial charge in [0.15, 0.2) is 0 Å². The first-order chi connectivity index (χ1) is 31.7. The zero-order valence-electron chi connectivity index (χ0n) is 34.2. The zero-order valence-corrected chi connectivity index (χ0v) is 34.2. The molecule has 0 radical (unpaired) electrons. The van der Waals surface area contributed by atoms with Crippen molar-refractivity contribution in [1.29, 1.82) is 0 Å². The van der Waals surface area contributed by atoms with Gasteiger partial charge in [0.05, 0.1) is 0 Å². The molecule has 292 valence electrons. The van der Waals surface area contributed by atoms with Crippen molar-refractivity contribution in [1.82, 2.24) is 19.9 Å². The average Bonchev–Trinajstić information content (AvgIpc) is 4.21. The monoisotopic (exact) mass is 808 g/mol. The normalized spacial score (nSPS) is 13.5. The topological polar surface area (TPSA) is 63.2 Å². The van der Waals surface area contributed by atoms with E-state index in [0.717, 1.165) is 44.2 Å². The van der Waals surface area contributed by atoms with Crippen molar-refractivity contribution in [2.75, 3.05) is 0 Å². The first kappa shape index (κ1) is 32.2. The largest absolute Gasteiger partial charge is 0.354 e. The molecule has 0 atom stereocenters. The summed E-state index contributed by atoms with van der Waals surface area (Å²) >= 11 is 0. The summed E-state index contributed by atoms with van der Waals surface area (Å²) < 4.78 is 0. The van der Waals surface area contributed by atoms with Crippen molar-refractivity contribution in [3.63, 3.8) is 0 Å². The van der Waals surface area contributed by atoms with Crippen LogP contribution >= 0.6 is 0 Å². The van der Waals surface area contributed by atoms with Crippen molar-refractivity contribution in [2.45, 2.75) is 0 Å². The van der Waals surface area contributed by atoms with E-state index in [1.807, 2.05) is 0 Å². The highest BCUT2D eigenvalue weighted by atomic mass is 14.8. The fourth-order valence-corrected chi connectivity index (χ4v) is 12.9. The van der Waals surface area contributed by atoms with E-state index in [0.29, 0.717) is 0 Å². The van der Waals surface area contributed by atoms with Gasteiger partial charge in [-0.3, -0.25) is 0 Å². The first-order valence-electron chi connectivity index (χ1n) is 22.3. The Bertz CT molecular complexity index is 3990. The molecule has 4 N–H and O–H groups in total. The smallest absolute Gasteiger partial charge is 0.0492 e. The molecule has 0 spiro atoms. The molecule has 8 bridgehead atoms. The summed E-state index contributed by atoms with van der Waals surface area (Å²) in [5.74, 6) is 0. The third kappa shape index (κ3) is 3.69. The Morgan fingerprint density at radius 1 is 0.203 bits per heavy atom. The third-order valence-electron chi connectivity index (χ3n) is 15.2. The molecule has 12 aromatic rings. The van der Waals surface area contributed by atoms with Crippen LogP contribution in [-0.4, -0.2) is 19.9 Å². The molecule has 4 heteroatoms. The number of hydrogen-bond acceptors (Lipinski definition) is 0. The van der Waals surface area contributed by atoms with Crippen LogP contribution in [0.4, 0.5) is 0 Å². The van der Waals surface area contributed by atoms with Crippen molar-refractivity contribution < 1.29 is 0 Å². The molecule has 0 amide bonds. The third-order valence-corrected chi connectivity index (χ3v) is 15.2. The zero-order chi connectivity index (χ0) is 41.1. The van der Waals surface area contributed by atoms with Gasteiger partial charge in [0.2, 0.25) is 0 Å². The van der Waals surface area contributed by atoms with Gasteiger partial charge in [-0.05, 0) is 112 Å². The van der Waals surface area contributed by atoms with Crippen LogP contribution in [0.25, 0.3) is 156 Å². The minimum absolute atomic E-state index is 1.10. The van der Waals surface area contributed by atoms with Gasteiger partial charge < -0.3 is 19.9 Å². The van der Waals surface area contributed by atoms with E-state index in [4.69, 9.17) is 0 Å². The van der Waals surface area contributed by atoms with Gasteiger partial charge >= 0.3 is 0 Å². The van der Waals surface area contributed by atoms with Gasteiger partial charge in [0.1, 0.15) is 0 Å². The Morgan fingerprint density at radius 3 is 0.625 bits per heavy atom. The van der Waals surface area contributed by atoms with Crippen molar-refractivity contribution in [2.24, 2.45) is 0 Å². The van der Waals surface area contributed by atoms with E-state index in [1.54, 1.807) is 0 Å². The SMILES string of the molecule is C1=c2[nH]c(c3c2-c2cccc4cccc-3c24)=Cc2[nH]c(c3c2-c2cccc4cccc-3c24)C=c2[nH]c(c3c2-c2cccc4cccc-3c24)=Cc2[nH]c1c1c2-c2cccc3cccc-1c23. The molecule has 0 fully saturated rings. The summed E-state index contributed by atoms with van der Waals surface area (Å²) in [6.45, 7) is 0. The summed E-state index contributed by atoms with van der Waals surface area (Å²) in [7, 11) is 0. The molecule has 4 nitrogen and oxygen atoms in total. The van der Waals surface area contributed by atoms with Gasteiger partial charge in [-0.2, -0.15) is 0 Å². The molecule has 5 heterocycles. The predicted octanol–water partition coefficient (Wildman–Crippen LogP) is 11.8. The number of nitrogens with one attached hydrogen (secondary N) is 4. The molecule has 1 aliphatic heterocycles. The molecule has 0 unspecified atom stereocenters. The van der Waals surface area contributed by atoms with Gasteiger partial charge in [0, 0.05) is 88.7 Å². The Kier molecular flexibility index (Phi) is 5.47. The Morgan fingerprint density at radius 2 is 0.406 bits per heavy atom. The highest BCUT2D eigenvalue weighted by molar-refractivity contribution is 6.21. The van der Waals surface area contributed by atoms with E-state index < -0.39 is 0 Å². The lowest BCUT2D eigenvalue weighted by molar-refractivity contribution is 1.23. The van der Waals surface area contributed by atoms with E-state index >= 15 is 0 Å². The quantitative estimate of drug-likeness (QED) is 0.118. The predicted molar refractivity (Wildman–Crippen MR) is 264 cm³/mol. The summed E-state index contributed by atoms with van der Waals surface area (Å²) in [6.07, 6.45) is 9.57. The van der Waals surface area contributed by atoms with Crippen LogP contribution in [0, 0.1) is 0 Å². The van der Waals surface area contributed by atoms with Crippen molar-refractivity contribution in [3.8, 4) is 89.0 Å². The lowest BCUT2D eigenvalue weighted by Crippen LogP contribution is -2.13. The van der Waals surface area contributed by atoms with E-state index in [-0.39, 0.29) is 0 Å².